The molecule has 0 spiro atoms. The van der Waals surface area contributed by atoms with E-state index in [9.17, 15) is 13.2 Å². The fourth-order valence-corrected chi connectivity index (χ4v) is 3.77. The number of carbonyl (C=O) groups excluding carboxylic acids is 1. The maximum atomic E-state index is 12.3. The number of ether oxygens (including phenoxy) is 1. The maximum absolute atomic E-state index is 12.3. The Morgan fingerprint density at radius 2 is 1.90 bits per heavy atom. The molecule has 0 aliphatic rings. The number of hydrogen-bond donors (Lipinski definition) is 1. The summed E-state index contributed by atoms with van der Waals surface area (Å²) in [6.45, 7) is 6.76. The van der Waals surface area contributed by atoms with Crippen molar-refractivity contribution in [2.24, 2.45) is 7.05 Å². The van der Waals surface area contributed by atoms with Gasteiger partial charge in [0.2, 0.25) is 0 Å². The number of aryl methyl sites for hydroxylation is 2. The van der Waals surface area contributed by atoms with Crippen LogP contribution < -0.4 is 9.46 Å². The second-order valence-electron chi connectivity index (χ2n) is 7.13. The standard InChI is InChI=1S/C22H24N2O4S/c1-14(2)29(26,27)23-22(25)17-8-7-16(21(12-17)28-5)11-18-13-24(4)20-9-6-15(3)10-19(18)20/h6-10,12-13H,1,11H2,2-5H3,(H,23,25). The number of rotatable bonds is 6. The van der Waals surface area contributed by atoms with Gasteiger partial charge in [-0.15, -0.1) is 0 Å². The second-order valence-corrected chi connectivity index (χ2v) is 9.03. The first-order valence-electron chi connectivity index (χ1n) is 9.06. The Bertz CT molecular complexity index is 1220. The van der Waals surface area contributed by atoms with Crippen molar-refractivity contribution in [2.45, 2.75) is 20.3 Å². The van der Waals surface area contributed by atoms with Crippen molar-refractivity contribution in [3.8, 4) is 5.75 Å². The zero-order chi connectivity index (χ0) is 21.3. The van der Waals surface area contributed by atoms with Crippen molar-refractivity contribution in [3.63, 3.8) is 0 Å². The molecule has 3 aromatic rings. The highest BCUT2D eigenvalue weighted by Crippen LogP contribution is 2.28. The molecule has 0 bridgehead atoms. The predicted molar refractivity (Wildman–Crippen MR) is 115 cm³/mol. The van der Waals surface area contributed by atoms with Gasteiger partial charge in [-0.3, -0.25) is 4.79 Å². The van der Waals surface area contributed by atoms with E-state index in [2.05, 4.69) is 42.5 Å². The first-order chi connectivity index (χ1) is 13.6. The van der Waals surface area contributed by atoms with Crippen molar-refractivity contribution in [1.29, 1.82) is 0 Å². The molecule has 1 N–H and O–H groups in total. The van der Waals surface area contributed by atoms with E-state index in [1.54, 1.807) is 18.2 Å². The van der Waals surface area contributed by atoms with Gasteiger partial charge in [-0.1, -0.05) is 24.3 Å². The zero-order valence-electron chi connectivity index (χ0n) is 16.9. The molecule has 0 aliphatic carbocycles. The molecule has 7 heteroatoms. The fourth-order valence-electron chi connectivity index (χ4n) is 3.23. The van der Waals surface area contributed by atoms with E-state index < -0.39 is 15.9 Å². The molecule has 6 nitrogen and oxygen atoms in total. The third kappa shape index (κ3) is 4.19. The lowest BCUT2D eigenvalue weighted by Gasteiger charge is -2.11. The minimum atomic E-state index is -3.89. The van der Waals surface area contributed by atoms with Crippen molar-refractivity contribution in [3.05, 3.63) is 76.3 Å². The average molecular weight is 413 g/mol. The van der Waals surface area contributed by atoms with E-state index in [0.29, 0.717) is 12.2 Å². The van der Waals surface area contributed by atoms with E-state index in [0.717, 1.165) is 16.6 Å². The van der Waals surface area contributed by atoms with Crippen LogP contribution in [0.25, 0.3) is 10.9 Å². The molecule has 0 fully saturated rings. The Morgan fingerprint density at radius 3 is 2.55 bits per heavy atom. The summed E-state index contributed by atoms with van der Waals surface area (Å²) in [7, 11) is -0.353. The molecule has 0 aliphatic heterocycles. The van der Waals surface area contributed by atoms with Crippen molar-refractivity contribution in [1.82, 2.24) is 9.29 Å². The number of benzene rings is 2. The van der Waals surface area contributed by atoms with Crippen LogP contribution in [-0.2, 0) is 23.5 Å². The summed E-state index contributed by atoms with van der Waals surface area (Å²) < 4.78 is 33.3. The average Bonchev–Trinajstić information content (AvgIpc) is 2.96. The van der Waals surface area contributed by atoms with Gasteiger partial charge in [0.1, 0.15) is 5.75 Å². The molecular formula is C22H24N2O4S. The Balaban J connectivity index is 1.93. The largest absolute Gasteiger partial charge is 0.496 e. The van der Waals surface area contributed by atoms with Crippen LogP contribution in [0, 0.1) is 6.92 Å². The number of fused-ring (bicyclic) bond motifs is 1. The summed E-state index contributed by atoms with van der Waals surface area (Å²) >= 11 is 0. The Kier molecular flexibility index (Phi) is 5.53. The summed E-state index contributed by atoms with van der Waals surface area (Å²) in [6, 6.07) is 11.3. The molecule has 3 rings (SSSR count). The highest BCUT2D eigenvalue weighted by Gasteiger charge is 2.18. The SMILES string of the molecule is C=C(C)S(=O)(=O)NC(=O)c1ccc(Cc2cn(C)c3ccc(C)cc23)c(OC)c1. The predicted octanol–water partition coefficient (Wildman–Crippen LogP) is 3.68. The van der Waals surface area contributed by atoms with Crippen LogP contribution in [-0.4, -0.2) is 26.0 Å². The summed E-state index contributed by atoms with van der Waals surface area (Å²) in [4.78, 5) is 12.2. The van der Waals surface area contributed by atoms with E-state index in [1.807, 2.05) is 11.8 Å². The molecule has 1 amide bonds. The van der Waals surface area contributed by atoms with Crippen molar-refractivity contribution >= 4 is 26.8 Å². The van der Waals surface area contributed by atoms with Gasteiger partial charge in [-0.25, -0.2) is 13.1 Å². The fraction of sp³-hybridized carbons (Fsp3) is 0.227. The number of hydrogen-bond acceptors (Lipinski definition) is 4. The quantitative estimate of drug-likeness (QED) is 0.670. The van der Waals surface area contributed by atoms with Gasteiger partial charge in [0.25, 0.3) is 15.9 Å². The molecule has 0 atom stereocenters. The Labute approximate surface area is 170 Å². The smallest absolute Gasteiger partial charge is 0.265 e. The van der Waals surface area contributed by atoms with Crippen molar-refractivity contribution in [2.75, 3.05) is 7.11 Å². The maximum Gasteiger partial charge on any atom is 0.265 e. The van der Waals surface area contributed by atoms with Crippen molar-refractivity contribution < 1.29 is 17.9 Å². The van der Waals surface area contributed by atoms with Crippen LogP contribution in [0.4, 0.5) is 0 Å². The molecule has 1 heterocycles. The van der Waals surface area contributed by atoms with Crippen LogP contribution >= 0.6 is 0 Å². The van der Waals surface area contributed by atoms with Gasteiger partial charge in [-0.05, 0) is 49.2 Å². The number of amides is 1. The summed E-state index contributed by atoms with van der Waals surface area (Å²) in [5.74, 6) is -0.200. The van der Waals surface area contributed by atoms with E-state index in [1.165, 1.54) is 25.0 Å². The summed E-state index contributed by atoms with van der Waals surface area (Å²) in [6.07, 6.45) is 2.71. The van der Waals surface area contributed by atoms with Crippen LogP contribution in [0.3, 0.4) is 0 Å². The van der Waals surface area contributed by atoms with E-state index in [-0.39, 0.29) is 10.5 Å². The number of nitrogens with zero attached hydrogens (tertiary/aromatic N) is 1. The number of methoxy groups -OCH3 is 1. The molecule has 1 aromatic heterocycles. The van der Waals surface area contributed by atoms with Gasteiger partial charge in [0.15, 0.2) is 0 Å². The highest BCUT2D eigenvalue weighted by molar-refractivity contribution is 7.93. The molecular weight excluding hydrogens is 388 g/mol. The number of aromatic nitrogens is 1. The first-order valence-corrected chi connectivity index (χ1v) is 10.5. The van der Waals surface area contributed by atoms with E-state index in [4.69, 9.17) is 4.74 Å². The second kappa shape index (κ2) is 7.75. The number of nitrogens with one attached hydrogen (secondary N) is 1. The molecule has 2 aromatic carbocycles. The van der Waals surface area contributed by atoms with Gasteiger partial charge >= 0.3 is 0 Å². The molecule has 0 radical (unpaired) electrons. The minimum Gasteiger partial charge on any atom is -0.496 e. The van der Waals surface area contributed by atoms with Crippen LogP contribution in [0.2, 0.25) is 0 Å². The van der Waals surface area contributed by atoms with Crippen LogP contribution in [0.1, 0.15) is 34.0 Å². The van der Waals surface area contributed by atoms with E-state index >= 15 is 0 Å². The number of sulfonamides is 1. The van der Waals surface area contributed by atoms with Gasteiger partial charge < -0.3 is 9.30 Å². The van der Waals surface area contributed by atoms with Crippen LogP contribution in [0.15, 0.2) is 54.1 Å². The number of allylic oxidation sites excluding steroid dienone is 1. The lowest BCUT2D eigenvalue weighted by molar-refractivity contribution is 0.0981. The Morgan fingerprint density at radius 1 is 1.17 bits per heavy atom. The minimum absolute atomic E-state index is 0.124. The lowest BCUT2D eigenvalue weighted by Crippen LogP contribution is -2.30. The molecule has 29 heavy (non-hydrogen) atoms. The molecule has 152 valence electrons. The van der Waals surface area contributed by atoms with Crippen LogP contribution in [0.5, 0.6) is 5.75 Å². The summed E-state index contributed by atoms with van der Waals surface area (Å²) in [5, 5.41) is 1.17. The molecule has 0 saturated heterocycles. The Hall–Kier alpha value is -3.06. The zero-order valence-corrected chi connectivity index (χ0v) is 17.8. The lowest BCUT2D eigenvalue weighted by atomic mass is 10.0. The number of carbonyl (C=O) groups is 1. The molecule has 0 saturated carbocycles. The third-order valence-electron chi connectivity index (χ3n) is 4.84. The summed E-state index contributed by atoms with van der Waals surface area (Å²) in [5.41, 5.74) is 4.57. The van der Waals surface area contributed by atoms with Gasteiger partial charge in [0, 0.05) is 36.1 Å². The molecule has 0 unspecified atom stereocenters. The van der Waals surface area contributed by atoms with Gasteiger partial charge in [0.05, 0.1) is 12.0 Å². The highest BCUT2D eigenvalue weighted by atomic mass is 32.2. The van der Waals surface area contributed by atoms with Gasteiger partial charge in [-0.2, -0.15) is 0 Å². The third-order valence-corrected chi connectivity index (χ3v) is 6.22. The normalized spacial score (nSPS) is 11.4. The topological polar surface area (TPSA) is 77.4 Å². The monoisotopic (exact) mass is 412 g/mol. The first kappa shape index (κ1) is 20.7.